The van der Waals surface area contributed by atoms with Crippen molar-refractivity contribution >= 4 is 5.97 Å². The summed E-state index contributed by atoms with van der Waals surface area (Å²) < 4.78 is 9.99. The Morgan fingerprint density at radius 1 is 1.38 bits per heavy atom. The predicted molar refractivity (Wildman–Crippen MR) is 79.2 cm³/mol. The molecule has 116 valence electrons. The third kappa shape index (κ3) is 4.15. The van der Waals surface area contributed by atoms with E-state index in [4.69, 9.17) is 9.47 Å². The molecule has 0 amide bonds. The Balaban J connectivity index is 2.12. The second-order valence-electron chi connectivity index (χ2n) is 5.30. The highest BCUT2D eigenvalue weighted by Crippen LogP contribution is 2.26. The summed E-state index contributed by atoms with van der Waals surface area (Å²) >= 11 is 0. The lowest BCUT2D eigenvalue weighted by Crippen LogP contribution is -2.47. The number of ether oxygens (including phenoxy) is 2. The molecule has 0 N–H and O–H groups in total. The molecule has 1 aromatic rings. The molecule has 1 saturated heterocycles. The molecule has 21 heavy (non-hydrogen) atoms. The van der Waals surface area contributed by atoms with Gasteiger partial charge in [-0.1, -0.05) is 0 Å². The number of carbonyl (C=O) groups is 1. The van der Waals surface area contributed by atoms with E-state index < -0.39 is 0 Å². The molecule has 1 aromatic heterocycles. The number of nitrogens with zero attached hydrogens (tertiary/aromatic N) is 3. The Kier molecular flexibility index (Phi) is 5.52. The van der Waals surface area contributed by atoms with Crippen molar-refractivity contribution in [2.45, 2.75) is 12.5 Å². The molecule has 0 aliphatic carbocycles. The third-order valence-corrected chi connectivity index (χ3v) is 3.88. The lowest BCUT2D eigenvalue weighted by molar-refractivity contribution is -0.141. The highest BCUT2D eigenvalue weighted by molar-refractivity contribution is 5.69. The van der Waals surface area contributed by atoms with Crippen LogP contribution in [0.3, 0.4) is 0 Å². The Hall–Kier alpha value is -1.66. The van der Waals surface area contributed by atoms with Crippen molar-refractivity contribution in [1.82, 2.24) is 14.8 Å². The first-order chi connectivity index (χ1) is 10.1. The quantitative estimate of drug-likeness (QED) is 0.753. The van der Waals surface area contributed by atoms with Gasteiger partial charge in [0, 0.05) is 38.4 Å². The van der Waals surface area contributed by atoms with E-state index in [1.807, 2.05) is 12.3 Å². The van der Waals surface area contributed by atoms with Crippen LogP contribution in [0.15, 0.2) is 18.5 Å². The molecule has 1 aliphatic rings. The van der Waals surface area contributed by atoms with Gasteiger partial charge in [0.1, 0.15) is 5.75 Å². The number of esters is 1. The minimum atomic E-state index is -0.170. The van der Waals surface area contributed by atoms with Crippen LogP contribution in [-0.4, -0.2) is 68.2 Å². The van der Waals surface area contributed by atoms with E-state index in [0.29, 0.717) is 13.0 Å². The van der Waals surface area contributed by atoms with Crippen LogP contribution in [0.1, 0.15) is 18.0 Å². The van der Waals surface area contributed by atoms with Gasteiger partial charge in [0.15, 0.2) is 0 Å². The Bertz CT molecular complexity index is 481. The second kappa shape index (κ2) is 7.38. The van der Waals surface area contributed by atoms with Crippen LogP contribution < -0.4 is 4.74 Å². The van der Waals surface area contributed by atoms with E-state index >= 15 is 0 Å². The van der Waals surface area contributed by atoms with Gasteiger partial charge in [-0.15, -0.1) is 0 Å². The maximum absolute atomic E-state index is 11.4. The molecular weight excluding hydrogens is 270 g/mol. The molecule has 1 fully saturated rings. The van der Waals surface area contributed by atoms with Crippen LogP contribution in [0.25, 0.3) is 0 Å². The van der Waals surface area contributed by atoms with Crippen molar-refractivity contribution in [3.05, 3.63) is 24.0 Å². The standard InChI is InChI=1S/C15H23N3O3/c1-17-6-7-18(5-4-15(19)21-3)14(11-17)12-8-13(20-2)10-16-9-12/h8-10,14H,4-7,11H2,1-3H3. The fraction of sp³-hybridized carbons (Fsp3) is 0.600. The van der Waals surface area contributed by atoms with E-state index in [0.717, 1.165) is 30.9 Å². The zero-order chi connectivity index (χ0) is 15.2. The second-order valence-corrected chi connectivity index (χ2v) is 5.30. The first kappa shape index (κ1) is 15.7. The number of likely N-dealkylation sites (N-methyl/N-ethyl adjacent to an activating group) is 1. The lowest BCUT2D eigenvalue weighted by Gasteiger charge is -2.40. The van der Waals surface area contributed by atoms with E-state index in [2.05, 4.69) is 21.8 Å². The van der Waals surface area contributed by atoms with E-state index in [1.165, 1.54) is 7.11 Å². The van der Waals surface area contributed by atoms with Crippen molar-refractivity contribution in [3.8, 4) is 5.75 Å². The van der Waals surface area contributed by atoms with Crippen LogP contribution in [0.4, 0.5) is 0 Å². The maximum Gasteiger partial charge on any atom is 0.306 e. The molecule has 2 heterocycles. The van der Waals surface area contributed by atoms with Crippen LogP contribution >= 0.6 is 0 Å². The number of aromatic nitrogens is 1. The van der Waals surface area contributed by atoms with Crippen molar-refractivity contribution in [3.63, 3.8) is 0 Å². The summed E-state index contributed by atoms with van der Waals surface area (Å²) in [6.07, 6.45) is 3.99. The van der Waals surface area contributed by atoms with Crippen molar-refractivity contribution in [1.29, 1.82) is 0 Å². The molecule has 1 aliphatic heterocycles. The van der Waals surface area contributed by atoms with Crippen LogP contribution in [0, 0.1) is 0 Å². The fourth-order valence-electron chi connectivity index (χ4n) is 2.61. The van der Waals surface area contributed by atoms with Gasteiger partial charge in [0.2, 0.25) is 0 Å². The highest BCUT2D eigenvalue weighted by atomic mass is 16.5. The summed E-state index contributed by atoms with van der Waals surface area (Å²) in [6, 6.07) is 2.23. The van der Waals surface area contributed by atoms with Gasteiger partial charge in [-0.2, -0.15) is 0 Å². The Morgan fingerprint density at radius 2 is 2.19 bits per heavy atom. The number of methoxy groups -OCH3 is 2. The summed E-state index contributed by atoms with van der Waals surface area (Å²) in [7, 11) is 5.18. The van der Waals surface area contributed by atoms with Gasteiger partial charge in [-0.3, -0.25) is 14.7 Å². The number of piperazine rings is 1. The first-order valence-corrected chi connectivity index (χ1v) is 7.12. The Labute approximate surface area is 125 Å². The van der Waals surface area contributed by atoms with Gasteiger partial charge in [0.25, 0.3) is 0 Å². The minimum Gasteiger partial charge on any atom is -0.495 e. The maximum atomic E-state index is 11.4. The summed E-state index contributed by atoms with van der Waals surface area (Å²) in [4.78, 5) is 20.2. The molecule has 0 saturated carbocycles. The molecule has 0 spiro atoms. The zero-order valence-electron chi connectivity index (χ0n) is 12.9. The normalized spacial score (nSPS) is 20.2. The van der Waals surface area contributed by atoms with E-state index in [1.54, 1.807) is 13.3 Å². The number of pyridine rings is 1. The molecular formula is C15H23N3O3. The Morgan fingerprint density at radius 3 is 2.90 bits per heavy atom. The first-order valence-electron chi connectivity index (χ1n) is 7.12. The summed E-state index contributed by atoms with van der Waals surface area (Å²) in [5.41, 5.74) is 1.12. The van der Waals surface area contributed by atoms with Crippen molar-refractivity contribution in [2.75, 3.05) is 47.4 Å². The number of carbonyl (C=O) groups excluding carboxylic acids is 1. The van der Waals surface area contributed by atoms with Crippen LogP contribution in [0.2, 0.25) is 0 Å². The summed E-state index contributed by atoms with van der Waals surface area (Å²) in [6.45, 7) is 3.53. The van der Waals surface area contributed by atoms with Gasteiger partial charge in [-0.25, -0.2) is 0 Å². The minimum absolute atomic E-state index is 0.170. The van der Waals surface area contributed by atoms with Gasteiger partial charge in [-0.05, 0) is 18.7 Å². The zero-order valence-corrected chi connectivity index (χ0v) is 12.9. The third-order valence-electron chi connectivity index (χ3n) is 3.88. The molecule has 0 aromatic carbocycles. The van der Waals surface area contributed by atoms with Gasteiger partial charge >= 0.3 is 5.97 Å². The fourth-order valence-corrected chi connectivity index (χ4v) is 2.61. The molecule has 2 rings (SSSR count). The number of hydrogen-bond acceptors (Lipinski definition) is 6. The summed E-state index contributed by atoms with van der Waals surface area (Å²) in [5.74, 6) is 0.588. The van der Waals surface area contributed by atoms with Crippen molar-refractivity contribution in [2.24, 2.45) is 0 Å². The topological polar surface area (TPSA) is 54.9 Å². The predicted octanol–water partition coefficient (Wildman–Crippen LogP) is 0.942. The van der Waals surface area contributed by atoms with E-state index in [9.17, 15) is 4.79 Å². The summed E-state index contributed by atoms with van der Waals surface area (Å²) in [5, 5.41) is 0. The van der Waals surface area contributed by atoms with Crippen molar-refractivity contribution < 1.29 is 14.3 Å². The molecule has 6 nitrogen and oxygen atoms in total. The van der Waals surface area contributed by atoms with Gasteiger partial charge < -0.3 is 14.4 Å². The molecule has 0 radical (unpaired) electrons. The average Bonchev–Trinajstić information content (AvgIpc) is 2.53. The highest BCUT2D eigenvalue weighted by Gasteiger charge is 2.27. The molecule has 6 heteroatoms. The monoisotopic (exact) mass is 293 g/mol. The average molecular weight is 293 g/mol. The van der Waals surface area contributed by atoms with E-state index in [-0.39, 0.29) is 12.0 Å². The van der Waals surface area contributed by atoms with Gasteiger partial charge in [0.05, 0.1) is 26.8 Å². The number of rotatable bonds is 5. The molecule has 0 bridgehead atoms. The smallest absolute Gasteiger partial charge is 0.306 e. The number of hydrogen-bond donors (Lipinski definition) is 0. The largest absolute Gasteiger partial charge is 0.495 e. The molecule has 1 atom stereocenters. The lowest BCUT2D eigenvalue weighted by atomic mass is 10.0. The SMILES string of the molecule is COC(=O)CCN1CCN(C)CC1c1cncc(OC)c1. The van der Waals surface area contributed by atoms with Crippen LogP contribution in [0.5, 0.6) is 5.75 Å². The van der Waals surface area contributed by atoms with Crippen LogP contribution in [-0.2, 0) is 9.53 Å². The molecule has 1 unspecified atom stereocenters.